The first-order valence-corrected chi connectivity index (χ1v) is 4.72. The molecular formula is C9H17NO4. The van der Waals surface area contributed by atoms with Crippen LogP contribution in [0.15, 0.2) is 0 Å². The summed E-state index contributed by atoms with van der Waals surface area (Å²) < 4.78 is 14.9. The molecule has 1 unspecified atom stereocenters. The van der Waals surface area contributed by atoms with Crippen LogP contribution in [0.2, 0.25) is 0 Å². The molecule has 0 bridgehead atoms. The highest BCUT2D eigenvalue weighted by Gasteiger charge is 2.39. The van der Waals surface area contributed by atoms with E-state index in [4.69, 9.17) is 19.9 Å². The number of carbonyl (C=O) groups is 1. The Morgan fingerprint density at radius 2 is 2.36 bits per heavy atom. The van der Waals surface area contributed by atoms with Crippen molar-refractivity contribution in [1.29, 1.82) is 0 Å². The molecule has 0 aromatic heterocycles. The number of methoxy groups -OCH3 is 1. The fourth-order valence-electron chi connectivity index (χ4n) is 1.25. The molecule has 0 aromatic carbocycles. The van der Waals surface area contributed by atoms with E-state index < -0.39 is 5.54 Å². The van der Waals surface area contributed by atoms with Crippen molar-refractivity contribution in [3.63, 3.8) is 0 Å². The third-order valence-corrected chi connectivity index (χ3v) is 2.18. The van der Waals surface area contributed by atoms with Crippen LogP contribution in [0, 0.1) is 0 Å². The van der Waals surface area contributed by atoms with Crippen LogP contribution in [-0.4, -0.2) is 45.0 Å². The third-order valence-electron chi connectivity index (χ3n) is 2.18. The van der Waals surface area contributed by atoms with Crippen LogP contribution < -0.4 is 5.73 Å². The van der Waals surface area contributed by atoms with Crippen LogP contribution in [0.4, 0.5) is 0 Å². The molecule has 1 aliphatic rings. The summed E-state index contributed by atoms with van der Waals surface area (Å²) in [5, 5.41) is 0. The zero-order valence-corrected chi connectivity index (χ0v) is 8.45. The monoisotopic (exact) mass is 203 g/mol. The molecule has 0 saturated carbocycles. The molecule has 0 amide bonds. The second kappa shape index (κ2) is 5.29. The lowest BCUT2D eigenvalue weighted by molar-refractivity contribution is -0.150. The summed E-state index contributed by atoms with van der Waals surface area (Å²) >= 11 is 0. The number of ether oxygens (including phenoxy) is 3. The maximum Gasteiger partial charge on any atom is 0.328 e. The molecule has 1 rings (SSSR count). The smallest absolute Gasteiger partial charge is 0.328 e. The quantitative estimate of drug-likeness (QED) is 0.490. The van der Waals surface area contributed by atoms with Gasteiger partial charge in [0, 0.05) is 33.2 Å². The summed E-state index contributed by atoms with van der Waals surface area (Å²) in [6.45, 7) is 1.73. The maximum atomic E-state index is 11.5. The normalized spacial score (nSPS) is 26.4. The molecule has 0 aliphatic carbocycles. The average Bonchev–Trinajstić information content (AvgIpc) is 2.61. The molecule has 0 spiro atoms. The molecule has 1 fully saturated rings. The van der Waals surface area contributed by atoms with E-state index in [2.05, 4.69) is 0 Å². The first-order valence-electron chi connectivity index (χ1n) is 4.72. The molecule has 5 heteroatoms. The van der Waals surface area contributed by atoms with Gasteiger partial charge in [-0.2, -0.15) is 0 Å². The van der Waals surface area contributed by atoms with Crippen LogP contribution in [-0.2, 0) is 19.0 Å². The van der Waals surface area contributed by atoms with Crippen molar-refractivity contribution >= 4 is 5.97 Å². The van der Waals surface area contributed by atoms with Gasteiger partial charge in [-0.15, -0.1) is 0 Å². The molecule has 5 nitrogen and oxygen atoms in total. The SMILES string of the molecule is COCCCOC(=O)C1(N)CCOC1. The third kappa shape index (κ3) is 2.94. The number of hydrogen-bond acceptors (Lipinski definition) is 5. The fourth-order valence-corrected chi connectivity index (χ4v) is 1.25. The lowest BCUT2D eigenvalue weighted by Crippen LogP contribution is -2.49. The van der Waals surface area contributed by atoms with Crippen molar-refractivity contribution in [2.75, 3.05) is 33.5 Å². The Labute approximate surface area is 83.5 Å². The van der Waals surface area contributed by atoms with Crippen LogP contribution >= 0.6 is 0 Å². The number of carbonyl (C=O) groups excluding carboxylic acids is 1. The topological polar surface area (TPSA) is 70.8 Å². The first-order chi connectivity index (χ1) is 6.69. The van der Waals surface area contributed by atoms with E-state index in [1.807, 2.05) is 0 Å². The largest absolute Gasteiger partial charge is 0.464 e. The summed E-state index contributed by atoms with van der Waals surface area (Å²) in [7, 11) is 1.61. The van der Waals surface area contributed by atoms with Gasteiger partial charge in [-0.3, -0.25) is 0 Å². The standard InChI is InChI=1S/C9H17NO4/c1-12-4-2-5-14-8(11)9(10)3-6-13-7-9/h2-7,10H2,1H3. The van der Waals surface area contributed by atoms with E-state index in [0.29, 0.717) is 32.7 Å². The second-order valence-corrected chi connectivity index (χ2v) is 3.44. The van der Waals surface area contributed by atoms with Crippen molar-refractivity contribution in [3.8, 4) is 0 Å². The summed E-state index contributed by atoms with van der Waals surface area (Å²) in [5.74, 6) is -0.369. The van der Waals surface area contributed by atoms with Gasteiger partial charge in [0.25, 0.3) is 0 Å². The zero-order valence-electron chi connectivity index (χ0n) is 8.45. The van der Waals surface area contributed by atoms with E-state index in [9.17, 15) is 4.79 Å². The van der Waals surface area contributed by atoms with Crippen LogP contribution in [0.5, 0.6) is 0 Å². The van der Waals surface area contributed by atoms with Gasteiger partial charge in [0.15, 0.2) is 0 Å². The molecule has 1 aliphatic heterocycles. The van der Waals surface area contributed by atoms with Gasteiger partial charge >= 0.3 is 5.97 Å². The minimum atomic E-state index is -0.924. The molecule has 1 atom stereocenters. The molecule has 1 heterocycles. The highest BCUT2D eigenvalue weighted by atomic mass is 16.5. The second-order valence-electron chi connectivity index (χ2n) is 3.44. The van der Waals surface area contributed by atoms with Gasteiger partial charge in [0.05, 0.1) is 13.2 Å². The van der Waals surface area contributed by atoms with Gasteiger partial charge in [0.2, 0.25) is 0 Å². The molecule has 0 radical (unpaired) electrons. The van der Waals surface area contributed by atoms with Crippen LogP contribution in [0.1, 0.15) is 12.8 Å². The summed E-state index contributed by atoms with van der Waals surface area (Å²) in [6.07, 6.45) is 1.23. The summed E-state index contributed by atoms with van der Waals surface area (Å²) in [5.41, 5.74) is 4.86. The first kappa shape index (κ1) is 11.4. The van der Waals surface area contributed by atoms with E-state index in [1.54, 1.807) is 7.11 Å². The van der Waals surface area contributed by atoms with Gasteiger partial charge in [0.1, 0.15) is 5.54 Å². The predicted molar refractivity (Wildman–Crippen MR) is 49.8 cm³/mol. The Hall–Kier alpha value is -0.650. The minimum absolute atomic E-state index is 0.260. The van der Waals surface area contributed by atoms with Gasteiger partial charge in [-0.1, -0.05) is 0 Å². The van der Waals surface area contributed by atoms with E-state index in [0.717, 1.165) is 0 Å². The highest BCUT2D eigenvalue weighted by Crippen LogP contribution is 2.16. The van der Waals surface area contributed by atoms with E-state index in [-0.39, 0.29) is 12.6 Å². The average molecular weight is 203 g/mol. The predicted octanol–water partition coefficient (Wildman–Crippen LogP) is -0.316. The lowest BCUT2D eigenvalue weighted by Gasteiger charge is -2.19. The lowest BCUT2D eigenvalue weighted by atomic mass is 10.0. The van der Waals surface area contributed by atoms with Crippen molar-refractivity contribution in [2.24, 2.45) is 5.73 Å². The Morgan fingerprint density at radius 3 is 2.93 bits per heavy atom. The molecule has 0 aromatic rings. The maximum absolute atomic E-state index is 11.5. The van der Waals surface area contributed by atoms with E-state index >= 15 is 0 Å². The number of hydrogen-bond donors (Lipinski definition) is 1. The fraction of sp³-hybridized carbons (Fsp3) is 0.889. The number of nitrogens with two attached hydrogens (primary N) is 1. The van der Waals surface area contributed by atoms with Gasteiger partial charge < -0.3 is 19.9 Å². The summed E-state index contributed by atoms with van der Waals surface area (Å²) in [6, 6.07) is 0. The minimum Gasteiger partial charge on any atom is -0.464 e. The Bertz CT molecular complexity index is 189. The molecular weight excluding hydrogens is 186 g/mol. The molecule has 1 saturated heterocycles. The van der Waals surface area contributed by atoms with Gasteiger partial charge in [-0.05, 0) is 0 Å². The van der Waals surface area contributed by atoms with Crippen molar-refractivity contribution < 1.29 is 19.0 Å². The Morgan fingerprint density at radius 1 is 1.57 bits per heavy atom. The molecule has 2 N–H and O–H groups in total. The Kier molecular flexibility index (Phi) is 4.31. The van der Waals surface area contributed by atoms with Crippen LogP contribution in [0.25, 0.3) is 0 Å². The summed E-state index contributed by atoms with van der Waals surface area (Å²) in [4.78, 5) is 11.5. The number of rotatable bonds is 5. The molecule has 82 valence electrons. The van der Waals surface area contributed by atoms with Crippen molar-refractivity contribution in [1.82, 2.24) is 0 Å². The number of esters is 1. The zero-order chi connectivity index (χ0) is 10.4. The van der Waals surface area contributed by atoms with Crippen LogP contribution in [0.3, 0.4) is 0 Å². The van der Waals surface area contributed by atoms with E-state index in [1.165, 1.54) is 0 Å². The van der Waals surface area contributed by atoms with Crippen molar-refractivity contribution in [2.45, 2.75) is 18.4 Å². The highest BCUT2D eigenvalue weighted by molar-refractivity contribution is 5.81. The van der Waals surface area contributed by atoms with Gasteiger partial charge in [-0.25, -0.2) is 4.79 Å². The molecule has 14 heavy (non-hydrogen) atoms. The van der Waals surface area contributed by atoms with Crippen molar-refractivity contribution in [3.05, 3.63) is 0 Å². The Balaban J connectivity index is 2.20.